The number of hydrogen-bond donors (Lipinski definition) is 2. The molecule has 0 bridgehead atoms. The SMILES string of the molecule is CC1C(C(=O)O)=CC=CC1(Br)C(=O)O. The predicted octanol–water partition coefficient (Wildman–Crippen LogP) is 1.42. The number of carboxylic acid groups (broad SMARTS) is 2. The molecule has 0 spiro atoms. The van der Waals surface area contributed by atoms with Crippen molar-refractivity contribution >= 4 is 27.9 Å². The van der Waals surface area contributed by atoms with Crippen molar-refractivity contribution in [3.63, 3.8) is 0 Å². The molecule has 2 atom stereocenters. The van der Waals surface area contributed by atoms with Crippen LogP contribution >= 0.6 is 15.9 Å². The Balaban J connectivity index is 3.11. The minimum absolute atomic E-state index is 0.0896. The Morgan fingerprint density at radius 3 is 2.50 bits per heavy atom. The van der Waals surface area contributed by atoms with Crippen molar-refractivity contribution in [3.05, 3.63) is 23.8 Å². The third kappa shape index (κ3) is 1.59. The molecule has 4 nitrogen and oxygen atoms in total. The van der Waals surface area contributed by atoms with Gasteiger partial charge in [0.15, 0.2) is 0 Å². The Labute approximate surface area is 89.1 Å². The Hall–Kier alpha value is -1.10. The second-order valence-electron chi connectivity index (χ2n) is 3.08. The van der Waals surface area contributed by atoms with Gasteiger partial charge < -0.3 is 10.2 Å². The highest BCUT2D eigenvalue weighted by Gasteiger charge is 2.43. The van der Waals surface area contributed by atoms with E-state index in [4.69, 9.17) is 10.2 Å². The summed E-state index contributed by atoms with van der Waals surface area (Å²) < 4.78 is -1.31. The number of carboxylic acids is 2. The molecule has 0 radical (unpaired) electrons. The van der Waals surface area contributed by atoms with Gasteiger partial charge >= 0.3 is 11.9 Å². The topological polar surface area (TPSA) is 74.6 Å². The second-order valence-corrected chi connectivity index (χ2v) is 4.39. The van der Waals surface area contributed by atoms with Gasteiger partial charge in [0.1, 0.15) is 4.32 Å². The van der Waals surface area contributed by atoms with Crippen molar-refractivity contribution in [1.29, 1.82) is 0 Å². The van der Waals surface area contributed by atoms with Gasteiger partial charge in [0.25, 0.3) is 0 Å². The summed E-state index contributed by atoms with van der Waals surface area (Å²) in [5, 5.41) is 17.8. The molecule has 0 aromatic carbocycles. The fourth-order valence-corrected chi connectivity index (χ4v) is 1.72. The molecule has 14 heavy (non-hydrogen) atoms. The minimum atomic E-state index is -1.31. The van der Waals surface area contributed by atoms with E-state index in [1.165, 1.54) is 18.2 Å². The van der Waals surface area contributed by atoms with E-state index in [1.807, 2.05) is 0 Å². The first kappa shape index (κ1) is 11.0. The summed E-state index contributed by atoms with van der Waals surface area (Å²) in [6, 6.07) is 0. The standard InChI is InChI=1S/C9H9BrO4/c1-5-6(7(11)12)3-2-4-9(5,10)8(13)14/h2-5H,1H3,(H,11,12)(H,13,14). The van der Waals surface area contributed by atoms with Gasteiger partial charge in [-0.2, -0.15) is 0 Å². The van der Waals surface area contributed by atoms with Gasteiger partial charge in [-0.05, 0) is 0 Å². The Morgan fingerprint density at radius 2 is 2.07 bits per heavy atom. The number of rotatable bonds is 2. The highest BCUT2D eigenvalue weighted by molar-refractivity contribution is 9.10. The van der Waals surface area contributed by atoms with E-state index < -0.39 is 22.2 Å². The van der Waals surface area contributed by atoms with Crippen LogP contribution < -0.4 is 0 Å². The van der Waals surface area contributed by atoms with Crippen LogP contribution in [-0.2, 0) is 9.59 Å². The maximum absolute atomic E-state index is 10.9. The fourth-order valence-electron chi connectivity index (χ4n) is 1.32. The van der Waals surface area contributed by atoms with Crippen LogP contribution in [0.2, 0.25) is 0 Å². The normalized spacial score (nSPS) is 31.0. The minimum Gasteiger partial charge on any atom is -0.480 e. The average molecular weight is 261 g/mol. The lowest BCUT2D eigenvalue weighted by atomic mass is 9.83. The van der Waals surface area contributed by atoms with Crippen molar-refractivity contribution in [1.82, 2.24) is 0 Å². The molecule has 1 aliphatic rings. The van der Waals surface area contributed by atoms with Crippen LogP contribution in [0.5, 0.6) is 0 Å². The van der Waals surface area contributed by atoms with Crippen molar-refractivity contribution in [2.75, 3.05) is 0 Å². The summed E-state index contributed by atoms with van der Waals surface area (Å²) in [6.45, 7) is 1.56. The smallest absolute Gasteiger partial charge is 0.331 e. The van der Waals surface area contributed by atoms with E-state index in [0.717, 1.165) is 0 Å². The number of carbonyl (C=O) groups is 2. The lowest BCUT2D eigenvalue weighted by molar-refractivity contribution is -0.139. The molecule has 0 saturated carbocycles. The fraction of sp³-hybridized carbons (Fsp3) is 0.333. The number of allylic oxidation sites excluding steroid dienone is 2. The van der Waals surface area contributed by atoms with Gasteiger partial charge in [-0.3, -0.25) is 4.79 Å². The van der Waals surface area contributed by atoms with Gasteiger partial charge in [-0.1, -0.05) is 41.1 Å². The molecule has 0 aromatic rings. The molecule has 0 saturated heterocycles. The van der Waals surface area contributed by atoms with Crippen molar-refractivity contribution < 1.29 is 19.8 Å². The summed E-state index contributed by atoms with van der Waals surface area (Å²) in [5.74, 6) is -2.79. The zero-order chi connectivity index (χ0) is 10.9. The van der Waals surface area contributed by atoms with Crippen LogP contribution in [0.15, 0.2) is 23.8 Å². The maximum atomic E-state index is 10.9. The molecule has 5 heteroatoms. The summed E-state index contributed by atoms with van der Waals surface area (Å²) in [4.78, 5) is 21.7. The lowest BCUT2D eigenvalue weighted by Crippen LogP contribution is -2.40. The average Bonchev–Trinajstić information content (AvgIpc) is 2.09. The van der Waals surface area contributed by atoms with E-state index in [1.54, 1.807) is 6.92 Å². The quantitative estimate of drug-likeness (QED) is 0.737. The van der Waals surface area contributed by atoms with Crippen LogP contribution in [0.25, 0.3) is 0 Å². The number of aliphatic carboxylic acids is 2. The molecular formula is C9H9BrO4. The zero-order valence-corrected chi connectivity index (χ0v) is 8.98. The maximum Gasteiger partial charge on any atom is 0.331 e. The van der Waals surface area contributed by atoms with Crippen LogP contribution in [0.4, 0.5) is 0 Å². The van der Waals surface area contributed by atoms with Crippen molar-refractivity contribution in [2.45, 2.75) is 11.2 Å². The number of hydrogen-bond acceptors (Lipinski definition) is 2. The Kier molecular flexibility index (Phi) is 2.80. The van der Waals surface area contributed by atoms with Crippen LogP contribution in [-0.4, -0.2) is 26.5 Å². The molecule has 2 N–H and O–H groups in total. The molecule has 76 valence electrons. The molecule has 0 aliphatic heterocycles. The predicted molar refractivity (Wildman–Crippen MR) is 53.3 cm³/mol. The zero-order valence-electron chi connectivity index (χ0n) is 7.40. The van der Waals surface area contributed by atoms with Crippen LogP contribution in [0.1, 0.15) is 6.92 Å². The van der Waals surface area contributed by atoms with Crippen molar-refractivity contribution in [3.8, 4) is 0 Å². The first-order valence-electron chi connectivity index (χ1n) is 3.94. The molecule has 2 unspecified atom stereocenters. The van der Waals surface area contributed by atoms with E-state index in [2.05, 4.69) is 15.9 Å². The van der Waals surface area contributed by atoms with Crippen LogP contribution in [0, 0.1) is 5.92 Å². The Morgan fingerprint density at radius 1 is 1.50 bits per heavy atom. The number of halogens is 1. The Bertz CT molecular complexity index is 345. The summed E-state index contributed by atoms with van der Waals surface area (Å²) in [7, 11) is 0. The van der Waals surface area contributed by atoms with Gasteiger partial charge in [-0.25, -0.2) is 4.79 Å². The second kappa shape index (κ2) is 3.57. The van der Waals surface area contributed by atoms with E-state index in [9.17, 15) is 9.59 Å². The number of alkyl halides is 1. The highest BCUT2D eigenvalue weighted by Crippen LogP contribution is 2.37. The first-order valence-corrected chi connectivity index (χ1v) is 4.74. The third-order valence-electron chi connectivity index (χ3n) is 2.29. The summed E-state index contributed by atoms with van der Waals surface area (Å²) in [6.07, 6.45) is 4.29. The van der Waals surface area contributed by atoms with Crippen LogP contribution in [0.3, 0.4) is 0 Å². The molecule has 1 rings (SSSR count). The van der Waals surface area contributed by atoms with Crippen molar-refractivity contribution in [2.24, 2.45) is 5.92 Å². The monoisotopic (exact) mass is 260 g/mol. The summed E-state index contributed by atoms with van der Waals surface area (Å²) >= 11 is 3.04. The molecule has 1 aliphatic carbocycles. The molecule has 0 heterocycles. The molecule has 0 fully saturated rings. The van der Waals surface area contributed by atoms with Gasteiger partial charge in [-0.15, -0.1) is 0 Å². The van der Waals surface area contributed by atoms with E-state index in [-0.39, 0.29) is 5.57 Å². The van der Waals surface area contributed by atoms with E-state index in [0.29, 0.717) is 0 Å². The third-order valence-corrected chi connectivity index (χ3v) is 3.58. The largest absolute Gasteiger partial charge is 0.480 e. The van der Waals surface area contributed by atoms with Gasteiger partial charge in [0.05, 0.1) is 0 Å². The highest BCUT2D eigenvalue weighted by atomic mass is 79.9. The van der Waals surface area contributed by atoms with Gasteiger partial charge in [0, 0.05) is 11.5 Å². The van der Waals surface area contributed by atoms with E-state index >= 15 is 0 Å². The molecule has 0 amide bonds. The lowest BCUT2D eigenvalue weighted by Gasteiger charge is -2.29. The molecular weight excluding hydrogens is 252 g/mol. The van der Waals surface area contributed by atoms with Gasteiger partial charge in [0.2, 0.25) is 0 Å². The summed E-state index contributed by atoms with van der Waals surface area (Å²) in [5.41, 5.74) is 0.0896. The molecule has 0 aromatic heterocycles. The first-order chi connectivity index (χ1) is 6.39.